The van der Waals surface area contributed by atoms with E-state index in [4.69, 9.17) is 4.74 Å². The van der Waals surface area contributed by atoms with Gasteiger partial charge in [-0.05, 0) is 38.0 Å². The van der Waals surface area contributed by atoms with Gasteiger partial charge in [0.1, 0.15) is 0 Å². The fraction of sp³-hybridized carbons (Fsp3) is 0.936. The minimum Gasteiger partial charge on any atom is -0.466 e. The maximum Gasteiger partial charge on any atom is 0.305 e. The summed E-state index contributed by atoms with van der Waals surface area (Å²) in [6.45, 7) is 7.60. The third-order valence-electron chi connectivity index (χ3n) is 10.9. The van der Waals surface area contributed by atoms with Gasteiger partial charge >= 0.3 is 5.97 Å². The highest BCUT2D eigenvalue weighted by molar-refractivity contribution is 5.69. The number of hydrogen-bond donors (Lipinski definition) is 0. The first kappa shape index (κ1) is 48.2. The first-order valence-electron chi connectivity index (χ1n) is 23.0. The van der Waals surface area contributed by atoms with Crippen LogP contribution in [0.4, 0.5) is 0 Å². The Morgan fingerprint density at radius 1 is 0.429 bits per heavy atom. The van der Waals surface area contributed by atoms with Crippen LogP contribution in [-0.2, 0) is 9.53 Å². The Hall–Kier alpha value is -0.790. The lowest BCUT2D eigenvalue weighted by molar-refractivity contribution is -0.143. The Kier molecular flexibility index (Phi) is 42.7. The van der Waals surface area contributed by atoms with Crippen LogP contribution in [0.5, 0.6) is 0 Å². The van der Waals surface area contributed by atoms with E-state index in [0.717, 1.165) is 25.2 Å². The highest BCUT2D eigenvalue weighted by atomic mass is 16.5. The molecule has 49 heavy (non-hydrogen) atoms. The largest absolute Gasteiger partial charge is 0.466 e. The van der Waals surface area contributed by atoms with Gasteiger partial charge in [0.05, 0.1) is 6.61 Å². The molecule has 1 atom stereocenters. The molecule has 2 heteroatoms. The highest BCUT2D eigenvalue weighted by Crippen LogP contribution is 2.18. The Bertz CT molecular complexity index is 640. The maximum absolute atomic E-state index is 11.9. The molecule has 0 saturated heterocycles. The molecule has 2 nitrogen and oxygen atoms in total. The molecule has 0 heterocycles. The van der Waals surface area contributed by atoms with Gasteiger partial charge in [-0.15, -0.1) is 0 Å². The molecule has 0 aliphatic carbocycles. The normalized spacial score (nSPS) is 12.3. The van der Waals surface area contributed by atoms with Gasteiger partial charge in [-0.2, -0.15) is 0 Å². The lowest BCUT2D eigenvalue weighted by Crippen LogP contribution is -2.05. The van der Waals surface area contributed by atoms with Gasteiger partial charge < -0.3 is 4.74 Å². The van der Waals surface area contributed by atoms with Crippen molar-refractivity contribution in [3.05, 3.63) is 12.2 Å². The van der Waals surface area contributed by atoms with E-state index in [2.05, 4.69) is 32.9 Å². The van der Waals surface area contributed by atoms with Crippen LogP contribution in [0, 0.1) is 5.92 Å². The van der Waals surface area contributed by atoms with Crippen molar-refractivity contribution < 1.29 is 9.53 Å². The molecule has 0 rings (SSSR count). The molecule has 0 aliphatic rings. The van der Waals surface area contributed by atoms with Crippen LogP contribution in [-0.4, -0.2) is 12.6 Å². The number of hydrogen-bond acceptors (Lipinski definition) is 2. The van der Waals surface area contributed by atoms with Gasteiger partial charge in [-0.3, -0.25) is 4.79 Å². The predicted octanol–water partition coefficient (Wildman–Crippen LogP) is 17.0. The number of unbranched alkanes of at least 4 members (excludes halogenated alkanes) is 33. The number of carbonyl (C=O) groups excluding carboxylic acids is 1. The zero-order chi connectivity index (χ0) is 35.6. The second-order valence-corrected chi connectivity index (χ2v) is 16.0. The van der Waals surface area contributed by atoms with E-state index >= 15 is 0 Å². The average Bonchev–Trinajstić information content (AvgIpc) is 3.11. The van der Waals surface area contributed by atoms with Gasteiger partial charge in [0, 0.05) is 6.42 Å². The van der Waals surface area contributed by atoms with Crippen molar-refractivity contribution >= 4 is 5.97 Å². The molecule has 0 saturated carbocycles. The van der Waals surface area contributed by atoms with Crippen molar-refractivity contribution in [2.45, 2.75) is 271 Å². The van der Waals surface area contributed by atoms with E-state index in [-0.39, 0.29) is 5.97 Å². The topological polar surface area (TPSA) is 26.3 Å². The van der Waals surface area contributed by atoms with Crippen molar-refractivity contribution in [3.8, 4) is 0 Å². The van der Waals surface area contributed by atoms with Crippen LogP contribution in [0.3, 0.4) is 0 Å². The predicted molar refractivity (Wildman–Crippen MR) is 221 cm³/mol. The van der Waals surface area contributed by atoms with Gasteiger partial charge in [0.25, 0.3) is 0 Å². The first-order valence-corrected chi connectivity index (χ1v) is 23.0. The monoisotopic (exact) mass is 689 g/mol. The van der Waals surface area contributed by atoms with E-state index < -0.39 is 0 Å². The van der Waals surface area contributed by atoms with E-state index in [9.17, 15) is 4.79 Å². The summed E-state index contributed by atoms with van der Waals surface area (Å²) in [5, 5.41) is 0. The molecule has 1 unspecified atom stereocenters. The van der Waals surface area contributed by atoms with E-state index in [1.807, 2.05) is 0 Å². The summed E-state index contributed by atoms with van der Waals surface area (Å²) in [4.78, 5) is 11.9. The number of rotatable bonds is 42. The fourth-order valence-electron chi connectivity index (χ4n) is 7.10. The summed E-state index contributed by atoms with van der Waals surface area (Å²) in [7, 11) is 0. The maximum atomic E-state index is 11.9. The molecule has 0 amide bonds. The minimum absolute atomic E-state index is 0.0177. The summed E-state index contributed by atoms with van der Waals surface area (Å²) >= 11 is 0. The standard InChI is InChI=1S/C47H92O2/c1-4-6-7-8-9-10-28-32-35-38-41-44-47(48)49-45-42-39-36-33-30-27-25-23-21-19-17-15-13-11-12-14-16-18-20-22-24-26-29-31-34-37-40-43-46(3)5-2/h8-9,46H,4-7,10-45H2,1-3H3/b9-8-. The zero-order valence-electron chi connectivity index (χ0n) is 34.3. The summed E-state index contributed by atoms with van der Waals surface area (Å²) in [5.41, 5.74) is 0. The average molecular weight is 689 g/mol. The Balaban J connectivity index is 3.14. The molecule has 292 valence electrons. The fourth-order valence-corrected chi connectivity index (χ4v) is 7.10. The van der Waals surface area contributed by atoms with Crippen LogP contribution in [0.15, 0.2) is 12.2 Å². The molecule has 0 aromatic carbocycles. The molecule has 0 radical (unpaired) electrons. The zero-order valence-corrected chi connectivity index (χ0v) is 34.3. The SMILES string of the molecule is CCCC/C=C\CCCCCCCC(=O)OCCCCCCCCCCCCCCCCCCCCCCCCCCCCCC(C)CC. The van der Waals surface area contributed by atoms with Crippen LogP contribution in [0.1, 0.15) is 271 Å². The Morgan fingerprint density at radius 3 is 1.14 bits per heavy atom. The number of ether oxygens (including phenoxy) is 1. The van der Waals surface area contributed by atoms with Gasteiger partial charge in [-0.25, -0.2) is 0 Å². The van der Waals surface area contributed by atoms with Crippen LogP contribution in [0.2, 0.25) is 0 Å². The van der Waals surface area contributed by atoms with Crippen LogP contribution in [0.25, 0.3) is 0 Å². The summed E-state index contributed by atoms with van der Waals surface area (Å²) < 4.78 is 5.45. The van der Waals surface area contributed by atoms with E-state index in [1.165, 1.54) is 225 Å². The van der Waals surface area contributed by atoms with Gasteiger partial charge in [-0.1, -0.05) is 245 Å². The summed E-state index contributed by atoms with van der Waals surface area (Å²) in [6.07, 6.45) is 57.6. The van der Waals surface area contributed by atoms with E-state index in [1.54, 1.807) is 0 Å². The van der Waals surface area contributed by atoms with Crippen molar-refractivity contribution in [2.75, 3.05) is 6.61 Å². The molecule has 0 aromatic heterocycles. The summed E-state index contributed by atoms with van der Waals surface area (Å²) in [5.74, 6) is 0.956. The van der Waals surface area contributed by atoms with Crippen LogP contribution >= 0.6 is 0 Å². The van der Waals surface area contributed by atoms with Crippen molar-refractivity contribution in [3.63, 3.8) is 0 Å². The number of esters is 1. The van der Waals surface area contributed by atoms with Gasteiger partial charge in [0.2, 0.25) is 0 Å². The second kappa shape index (κ2) is 43.4. The molecule has 0 aromatic rings. The number of carbonyl (C=O) groups is 1. The second-order valence-electron chi connectivity index (χ2n) is 16.0. The van der Waals surface area contributed by atoms with Crippen molar-refractivity contribution in [1.29, 1.82) is 0 Å². The molecule has 0 fully saturated rings. The molecule has 0 spiro atoms. The van der Waals surface area contributed by atoms with Crippen LogP contribution < -0.4 is 0 Å². The van der Waals surface area contributed by atoms with Crippen molar-refractivity contribution in [2.24, 2.45) is 5.92 Å². The third-order valence-corrected chi connectivity index (χ3v) is 10.9. The highest BCUT2D eigenvalue weighted by Gasteiger charge is 2.03. The first-order chi connectivity index (χ1) is 24.2. The Morgan fingerprint density at radius 2 is 0.755 bits per heavy atom. The lowest BCUT2D eigenvalue weighted by Gasteiger charge is -2.07. The smallest absolute Gasteiger partial charge is 0.305 e. The van der Waals surface area contributed by atoms with Gasteiger partial charge in [0.15, 0.2) is 0 Å². The molecule has 0 aliphatic heterocycles. The molecular weight excluding hydrogens is 597 g/mol. The van der Waals surface area contributed by atoms with Crippen molar-refractivity contribution in [1.82, 2.24) is 0 Å². The Labute approximate surface area is 310 Å². The third kappa shape index (κ3) is 43.3. The minimum atomic E-state index is 0.0177. The summed E-state index contributed by atoms with van der Waals surface area (Å²) in [6, 6.07) is 0. The molecule has 0 bridgehead atoms. The molecule has 0 N–H and O–H groups in total. The quantitative estimate of drug-likeness (QED) is 0.0362. The van der Waals surface area contributed by atoms with E-state index in [0.29, 0.717) is 13.0 Å². The molecular formula is C47H92O2. The lowest BCUT2D eigenvalue weighted by atomic mass is 9.99. The number of allylic oxidation sites excluding steroid dienone is 2.